The van der Waals surface area contributed by atoms with E-state index in [1.807, 2.05) is 35.5 Å². The van der Waals surface area contributed by atoms with Crippen LogP contribution in [0, 0.1) is 0 Å². The van der Waals surface area contributed by atoms with Crippen molar-refractivity contribution in [2.75, 3.05) is 39.3 Å². The van der Waals surface area contributed by atoms with Crippen molar-refractivity contribution in [1.82, 2.24) is 24.9 Å². The zero-order valence-electron chi connectivity index (χ0n) is 18.1. The fraction of sp³-hybridized carbons (Fsp3) is 0.619. The van der Waals surface area contributed by atoms with Crippen LogP contribution in [0.25, 0.3) is 0 Å². The smallest absolute Gasteiger partial charge is 0.194 e. The molecule has 1 fully saturated rings. The highest BCUT2D eigenvalue weighted by atomic mass is 127. The van der Waals surface area contributed by atoms with E-state index in [-0.39, 0.29) is 30.1 Å². The molecule has 2 aromatic rings. The van der Waals surface area contributed by atoms with Crippen LogP contribution < -0.4 is 5.32 Å². The Morgan fingerprint density at radius 2 is 2.30 bits per heavy atom. The predicted molar refractivity (Wildman–Crippen MR) is 133 cm³/mol. The number of nitrogens with one attached hydrogen (secondary N) is 1. The van der Waals surface area contributed by atoms with Gasteiger partial charge in [-0.3, -0.25) is 14.6 Å². The Bertz CT molecular complexity index is 837. The standard InChI is InChI=1S/C21H32N6OS.HI/c1-4-22-21(27-8-9-28-19(15-27)18-12-24-25(3)13-18)23-11-16(2)26-7-5-20-17(14-26)6-10-29-20;/h6,10,12-13,16,19H,4-5,7-9,11,14-15H2,1-3H3,(H,22,23);1H. The van der Waals surface area contributed by atoms with Gasteiger partial charge in [0.1, 0.15) is 6.10 Å². The van der Waals surface area contributed by atoms with E-state index in [0.29, 0.717) is 12.6 Å². The molecule has 1 saturated heterocycles. The van der Waals surface area contributed by atoms with E-state index < -0.39 is 0 Å². The first-order valence-corrected chi connectivity index (χ1v) is 11.4. The van der Waals surface area contributed by atoms with Gasteiger partial charge >= 0.3 is 0 Å². The molecule has 30 heavy (non-hydrogen) atoms. The zero-order chi connectivity index (χ0) is 20.2. The van der Waals surface area contributed by atoms with E-state index in [1.54, 1.807) is 4.88 Å². The van der Waals surface area contributed by atoms with Crippen molar-refractivity contribution in [2.24, 2.45) is 12.0 Å². The van der Waals surface area contributed by atoms with Crippen LogP contribution >= 0.6 is 35.3 Å². The lowest BCUT2D eigenvalue weighted by atomic mass is 10.1. The molecule has 2 aliphatic rings. The minimum Gasteiger partial charge on any atom is -0.370 e. The predicted octanol–water partition coefficient (Wildman–Crippen LogP) is 2.89. The summed E-state index contributed by atoms with van der Waals surface area (Å²) in [7, 11) is 1.94. The quantitative estimate of drug-likeness (QED) is 0.357. The van der Waals surface area contributed by atoms with Crippen molar-refractivity contribution < 1.29 is 4.74 Å². The van der Waals surface area contributed by atoms with Crippen LogP contribution in [0.3, 0.4) is 0 Å². The molecule has 2 unspecified atom stereocenters. The van der Waals surface area contributed by atoms with Crippen molar-refractivity contribution in [3.05, 3.63) is 39.8 Å². The fourth-order valence-corrected chi connectivity index (χ4v) is 4.95. The summed E-state index contributed by atoms with van der Waals surface area (Å²) in [5.74, 6) is 0.991. The fourth-order valence-electron chi connectivity index (χ4n) is 4.06. The molecule has 4 rings (SSSR count). The number of fused-ring (bicyclic) bond motifs is 1. The Morgan fingerprint density at radius 3 is 3.07 bits per heavy atom. The summed E-state index contributed by atoms with van der Waals surface area (Å²) in [6.45, 7) is 10.6. The Labute approximate surface area is 200 Å². The number of morpholine rings is 1. The van der Waals surface area contributed by atoms with E-state index in [2.05, 4.69) is 45.5 Å². The van der Waals surface area contributed by atoms with Crippen molar-refractivity contribution >= 4 is 41.3 Å². The summed E-state index contributed by atoms with van der Waals surface area (Å²) in [4.78, 5) is 11.4. The maximum absolute atomic E-state index is 6.00. The highest BCUT2D eigenvalue weighted by molar-refractivity contribution is 14.0. The minimum absolute atomic E-state index is 0. The molecule has 166 valence electrons. The van der Waals surface area contributed by atoms with Crippen molar-refractivity contribution in [3.8, 4) is 0 Å². The average molecular weight is 545 g/mol. The maximum Gasteiger partial charge on any atom is 0.194 e. The lowest BCUT2D eigenvalue weighted by Crippen LogP contribution is -2.48. The monoisotopic (exact) mass is 544 g/mol. The molecule has 1 N–H and O–H groups in total. The SMILES string of the molecule is CCNC(=NCC(C)N1CCc2sccc2C1)N1CCOC(c2cnn(C)c2)C1.I. The second-order valence-corrected chi connectivity index (χ2v) is 8.89. The topological polar surface area (TPSA) is 57.9 Å². The van der Waals surface area contributed by atoms with Gasteiger partial charge in [-0.2, -0.15) is 5.10 Å². The third-order valence-electron chi connectivity index (χ3n) is 5.76. The van der Waals surface area contributed by atoms with Crippen LogP contribution in [-0.4, -0.2) is 70.9 Å². The summed E-state index contributed by atoms with van der Waals surface area (Å²) >= 11 is 1.89. The minimum atomic E-state index is 0. The second kappa shape index (κ2) is 10.9. The zero-order valence-corrected chi connectivity index (χ0v) is 21.2. The number of hydrogen-bond donors (Lipinski definition) is 1. The van der Waals surface area contributed by atoms with Crippen molar-refractivity contribution in [3.63, 3.8) is 0 Å². The van der Waals surface area contributed by atoms with Gasteiger partial charge in [0.05, 0.1) is 25.9 Å². The van der Waals surface area contributed by atoms with Crippen LogP contribution in [0.1, 0.15) is 36.0 Å². The normalized spacial score (nSPS) is 21.1. The number of aromatic nitrogens is 2. The molecule has 2 aromatic heterocycles. The molecule has 0 aliphatic carbocycles. The summed E-state index contributed by atoms with van der Waals surface area (Å²) in [5, 5.41) is 9.99. The van der Waals surface area contributed by atoms with Gasteiger partial charge < -0.3 is 15.0 Å². The molecule has 0 amide bonds. The first-order valence-electron chi connectivity index (χ1n) is 10.6. The average Bonchev–Trinajstić information content (AvgIpc) is 3.39. The number of halogens is 1. The van der Waals surface area contributed by atoms with E-state index in [9.17, 15) is 0 Å². The first kappa shape index (κ1) is 23.5. The second-order valence-electron chi connectivity index (χ2n) is 7.89. The molecule has 0 saturated carbocycles. The highest BCUT2D eigenvalue weighted by Gasteiger charge is 2.26. The third kappa shape index (κ3) is 5.54. The molecule has 2 atom stereocenters. The van der Waals surface area contributed by atoms with Crippen LogP contribution in [-0.2, 0) is 24.8 Å². The summed E-state index contributed by atoms with van der Waals surface area (Å²) in [6, 6.07) is 2.70. The number of thiophene rings is 1. The molecule has 0 radical (unpaired) electrons. The molecule has 0 aromatic carbocycles. The molecule has 0 spiro atoms. The number of rotatable bonds is 5. The van der Waals surface area contributed by atoms with Crippen molar-refractivity contribution in [2.45, 2.75) is 39.0 Å². The molecule has 2 aliphatic heterocycles. The first-order chi connectivity index (χ1) is 14.1. The lowest BCUT2D eigenvalue weighted by molar-refractivity contribution is -0.00808. The maximum atomic E-state index is 6.00. The number of aliphatic imine (C=N–C) groups is 1. The van der Waals surface area contributed by atoms with Gasteiger partial charge in [-0.15, -0.1) is 35.3 Å². The van der Waals surface area contributed by atoms with Gasteiger partial charge in [0.15, 0.2) is 5.96 Å². The Hall–Kier alpha value is -1.17. The van der Waals surface area contributed by atoms with E-state index in [1.165, 1.54) is 5.56 Å². The lowest BCUT2D eigenvalue weighted by Gasteiger charge is -2.35. The van der Waals surface area contributed by atoms with Crippen LogP contribution in [0.15, 0.2) is 28.8 Å². The van der Waals surface area contributed by atoms with E-state index in [4.69, 9.17) is 9.73 Å². The molecule has 7 nitrogen and oxygen atoms in total. The van der Waals surface area contributed by atoms with E-state index >= 15 is 0 Å². The van der Waals surface area contributed by atoms with Gasteiger partial charge in [-0.1, -0.05) is 0 Å². The van der Waals surface area contributed by atoms with Crippen LogP contribution in [0.4, 0.5) is 0 Å². The number of guanidine groups is 1. The molecular formula is C21H33IN6OS. The van der Waals surface area contributed by atoms with Gasteiger partial charge in [0, 0.05) is 55.9 Å². The van der Waals surface area contributed by atoms with Gasteiger partial charge in [0.2, 0.25) is 0 Å². The van der Waals surface area contributed by atoms with E-state index in [0.717, 1.165) is 57.2 Å². The third-order valence-corrected chi connectivity index (χ3v) is 6.79. The summed E-state index contributed by atoms with van der Waals surface area (Å²) in [6.07, 6.45) is 5.14. The van der Waals surface area contributed by atoms with Gasteiger partial charge in [0.25, 0.3) is 0 Å². The number of aryl methyl sites for hydroxylation is 1. The number of ether oxygens (including phenoxy) is 1. The number of hydrogen-bond acceptors (Lipinski definition) is 5. The Morgan fingerprint density at radius 1 is 1.43 bits per heavy atom. The summed E-state index contributed by atoms with van der Waals surface area (Å²) in [5.41, 5.74) is 2.62. The van der Waals surface area contributed by atoms with Gasteiger partial charge in [-0.05, 0) is 37.3 Å². The Kier molecular flexibility index (Phi) is 8.55. The van der Waals surface area contributed by atoms with Crippen LogP contribution in [0.2, 0.25) is 0 Å². The summed E-state index contributed by atoms with van der Waals surface area (Å²) < 4.78 is 7.83. The highest BCUT2D eigenvalue weighted by Crippen LogP contribution is 2.25. The molecule has 0 bridgehead atoms. The molecular weight excluding hydrogens is 511 g/mol. The Balaban J connectivity index is 0.00000256. The van der Waals surface area contributed by atoms with Gasteiger partial charge in [-0.25, -0.2) is 0 Å². The molecule has 4 heterocycles. The van der Waals surface area contributed by atoms with Crippen LogP contribution in [0.5, 0.6) is 0 Å². The number of nitrogens with zero attached hydrogens (tertiary/aromatic N) is 5. The molecule has 9 heteroatoms. The van der Waals surface area contributed by atoms with Crippen molar-refractivity contribution in [1.29, 1.82) is 0 Å². The largest absolute Gasteiger partial charge is 0.370 e.